The van der Waals surface area contributed by atoms with Crippen molar-refractivity contribution in [2.45, 2.75) is 57.2 Å². The van der Waals surface area contributed by atoms with Crippen LogP contribution >= 0.6 is 0 Å². The Balaban J connectivity index is 2.06. The summed E-state index contributed by atoms with van der Waals surface area (Å²) in [6.07, 6.45) is 1.98. The number of pyridine rings is 1. The van der Waals surface area contributed by atoms with E-state index in [1.807, 2.05) is 0 Å². The van der Waals surface area contributed by atoms with Gasteiger partial charge in [-0.05, 0) is 56.9 Å². The molecule has 0 spiro atoms. The molecule has 1 aliphatic rings. The van der Waals surface area contributed by atoms with Crippen LogP contribution in [0.4, 0.5) is 13.6 Å². The Bertz CT molecular complexity index is 867. The molecule has 3 atom stereocenters. The SMILES string of the molecule is CC(C)(C)OC(=O)N[C@@H]1c2cccnc2[C@H](N)CC[C@H]1c1cccc(F)c1F. The van der Waals surface area contributed by atoms with E-state index < -0.39 is 35.3 Å². The molecule has 1 amide bonds. The molecule has 0 saturated carbocycles. The summed E-state index contributed by atoms with van der Waals surface area (Å²) in [7, 11) is 0. The lowest BCUT2D eigenvalue weighted by atomic mass is 9.85. The van der Waals surface area contributed by atoms with Gasteiger partial charge in [0.05, 0.1) is 11.7 Å². The van der Waals surface area contributed by atoms with Gasteiger partial charge in [0.2, 0.25) is 0 Å². The van der Waals surface area contributed by atoms with E-state index >= 15 is 0 Å². The smallest absolute Gasteiger partial charge is 0.408 e. The second kappa shape index (κ2) is 7.83. The van der Waals surface area contributed by atoms with E-state index in [1.54, 1.807) is 45.2 Å². The van der Waals surface area contributed by atoms with Crippen LogP contribution in [-0.4, -0.2) is 16.7 Å². The van der Waals surface area contributed by atoms with Crippen molar-refractivity contribution in [2.24, 2.45) is 5.73 Å². The predicted molar refractivity (Wildman–Crippen MR) is 102 cm³/mol. The third kappa shape index (κ3) is 4.30. The zero-order valence-electron chi connectivity index (χ0n) is 16.2. The normalized spacial score (nSPS) is 22.1. The van der Waals surface area contributed by atoms with Gasteiger partial charge in [-0.15, -0.1) is 0 Å². The number of aromatic nitrogens is 1. The molecule has 0 unspecified atom stereocenters. The number of carbonyl (C=O) groups is 1. The summed E-state index contributed by atoms with van der Waals surface area (Å²) < 4.78 is 33.9. The number of nitrogens with one attached hydrogen (secondary N) is 1. The molecule has 0 bridgehead atoms. The Morgan fingerprint density at radius 2 is 1.89 bits per heavy atom. The Labute approximate surface area is 163 Å². The van der Waals surface area contributed by atoms with Gasteiger partial charge in [0.1, 0.15) is 5.60 Å². The number of alkyl carbamates (subject to hydrolysis) is 1. The molecule has 150 valence electrons. The quantitative estimate of drug-likeness (QED) is 0.741. The van der Waals surface area contributed by atoms with Crippen LogP contribution in [0.1, 0.15) is 68.4 Å². The summed E-state index contributed by atoms with van der Waals surface area (Å²) in [4.78, 5) is 16.9. The van der Waals surface area contributed by atoms with Gasteiger partial charge < -0.3 is 15.8 Å². The highest BCUT2D eigenvalue weighted by atomic mass is 19.2. The Kier molecular flexibility index (Phi) is 5.65. The number of rotatable bonds is 2. The van der Waals surface area contributed by atoms with Crippen molar-refractivity contribution < 1.29 is 18.3 Å². The van der Waals surface area contributed by atoms with E-state index in [1.165, 1.54) is 6.07 Å². The molecule has 1 aliphatic carbocycles. The number of nitrogens with two attached hydrogens (primary N) is 1. The van der Waals surface area contributed by atoms with Gasteiger partial charge >= 0.3 is 6.09 Å². The number of ether oxygens (including phenoxy) is 1. The molecule has 2 aromatic rings. The summed E-state index contributed by atoms with van der Waals surface area (Å²) in [6, 6.07) is 6.61. The lowest BCUT2D eigenvalue weighted by Gasteiger charge is -2.29. The molecule has 7 heteroatoms. The molecule has 0 radical (unpaired) electrons. The zero-order chi connectivity index (χ0) is 20.5. The van der Waals surface area contributed by atoms with E-state index in [9.17, 15) is 13.6 Å². The van der Waals surface area contributed by atoms with E-state index in [0.717, 1.165) is 6.07 Å². The van der Waals surface area contributed by atoms with Crippen LogP contribution in [-0.2, 0) is 4.74 Å². The standard InChI is InChI=1S/C21H25F2N3O2/c1-21(2,3)28-20(27)26-18-13(12-6-4-8-15(22)17(12)23)9-10-16(24)19-14(18)7-5-11-25-19/h4-8,11,13,16,18H,9-10,24H2,1-3H3,(H,26,27)/t13-,16+,18-/m0/s1. The first kappa shape index (κ1) is 20.2. The van der Waals surface area contributed by atoms with Gasteiger partial charge in [-0.25, -0.2) is 13.6 Å². The van der Waals surface area contributed by atoms with E-state index in [-0.39, 0.29) is 11.6 Å². The second-order valence-corrected chi connectivity index (χ2v) is 8.04. The first-order chi connectivity index (χ1) is 13.2. The van der Waals surface area contributed by atoms with Crippen LogP contribution in [0.2, 0.25) is 0 Å². The number of fused-ring (bicyclic) bond motifs is 1. The number of benzene rings is 1. The monoisotopic (exact) mass is 389 g/mol. The minimum Gasteiger partial charge on any atom is -0.444 e. The second-order valence-electron chi connectivity index (χ2n) is 8.04. The Hall–Kier alpha value is -2.54. The summed E-state index contributed by atoms with van der Waals surface area (Å²) in [5.41, 5.74) is 7.11. The largest absolute Gasteiger partial charge is 0.444 e. The fraction of sp³-hybridized carbons (Fsp3) is 0.429. The number of hydrogen-bond acceptors (Lipinski definition) is 4. The van der Waals surface area contributed by atoms with Crippen molar-refractivity contribution in [1.29, 1.82) is 0 Å². The van der Waals surface area contributed by atoms with Crippen molar-refractivity contribution in [2.75, 3.05) is 0 Å². The number of amides is 1. The molecule has 0 fully saturated rings. The first-order valence-electron chi connectivity index (χ1n) is 9.31. The fourth-order valence-electron chi connectivity index (χ4n) is 3.64. The highest BCUT2D eigenvalue weighted by Crippen LogP contribution is 2.42. The average molecular weight is 389 g/mol. The maximum absolute atomic E-state index is 14.6. The van der Waals surface area contributed by atoms with Crippen LogP contribution in [0, 0.1) is 11.6 Å². The zero-order valence-corrected chi connectivity index (χ0v) is 16.2. The molecular weight excluding hydrogens is 364 g/mol. The molecule has 3 rings (SSSR count). The van der Waals surface area contributed by atoms with Gasteiger partial charge in [0.25, 0.3) is 0 Å². The van der Waals surface area contributed by atoms with Crippen molar-refractivity contribution in [3.05, 3.63) is 65.0 Å². The van der Waals surface area contributed by atoms with Gasteiger partial charge in [-0.3, -0.25) is 4.98 Å². The van der Waals surface area contributed by atoms with Gasteiger partial charge in [0.15, 0.2) is 11.6 Å². The van der Waals surface area contributed by atoms with E-state index in [4.69, 9.17) is 10.5 Å². The molecule has 0 saturated heterocycles. The molecule has 1 heterocycles. The number of hydrogen-bond donors (Lipinski definition) is 2. The highest BCUT2D eigenvalue weighted by Gasteiger charge is 2.36. The lowest BCUT2D eigenvalue weighted by molar-refractivity contribution is 0.0494. The summed E-state index contributed by atoms with van der Waals surface area (Å²) in [5.74, 6) is -2.35. The number of carbonyl (C=O) groups excluding carboxylic acids is 1. The van der Waals surface area contributed by atoms with Crippen molar-refractivity contribution in [1.82, 2.24) is 10.3 Å². The maximum atomic E-state index is 14.6. The predicted octanol–water partition coefficient (Wildman–Crippen LogP) is 4.50. The highest BCUT2D eigenvalue weighted by molar-refractivity contribution is 5.69. The minimum atomic E-state index is -0.923. The summed E-state index contributed by atoms with van der Waals surface area (Å²) in [6.45, 7) is 5.28. The van der Waals surface area contributed by atoms with Crippen LogP contribution in [0.25, 0.3) is 0 Å². The third-order valence-corrected chi connectivity index (χ3v) is 4.80. The third-order valence-electron chi connectivity index (χ3n) is 4.80. The van der Waals surface area contributed by atoms with Crippen molar-refractivity contribution in [3.8, 4) is 0 Å². The van der Waals surface area contributed by atoms with E-state index in [0.29, 0.717) is 24.1 Å². The molecular formula is C21H25F2N3O2. The van der Waals surface area contributed by atoms with Crippen molar-refractivity contribution >= 4 is 6.09 Å². The van der Waals surface area contributed by atoms with Crippen LogP contribution < -0.4 is 11.1 Å². The molecule has 1 aromatic carbocycles. The van der Waals surface area contributed by atoms with Crippen LogP contribution in [0.3, 0.4) is 0 Å². The van der Waals surface area contributed by atoms with Gasteiger partial charge in [-0.2, -0.15) is 0 Å². The van der Waals surface area contributed by atoms with E-state index in [2.05, 4.69) is 10.3 Å². The fourth-order valence-corrected chi connectivity index (χ4v) is 3.64. The topological polar surface area (TPSA) is 77.2 Å². The molecule has 5 nitrogen and oxygen atoms in total. The Morgan fingerprint density at radius 1 is 1.18 bits per heavy atom. The Morgan fingerprint density at radius 3 is 2.61 bits per heavy atom. The van der Waals surface area contributed by atoms with Crippen molar-refractivity contribution in [3.63, 3.8) is 0 Å². The number of nitrogens with zero attached hydrogens (tertiary/aromatic N) is 1. The minimum absolute atomic E-state index is 0.199. The molecule has 3 N–H and O–H groups in total. The first-order valence-corrected chi connectivity index (χ1v) is 9.31. The molecule has 1 aromatic heterocycles. The average Bonchev–Trinajstić information content (AvgIpc) is 2.74. The summed E-state index contributed by atoms with van der Waals surface area (Å²) in [5, 5.41) is 2.84. The van der Waals surface area contributed by atoms with Gasteiger partial charge in [-0.1, -0.05) is 18.2 Å². The summed E-state index contributed by atoms with van der Waals surface area (Å²) >= 11 is 0. The molecule has 28 heavy (non-hydrogen) atoms. The maximum Gasteiger partial charge on any atom is 0.408 e. The molecule has 0 aliphatic heterocycles. The van der Waals surface area contributed by atoms with Crippen LogP contribution in [0.5, 0.6) is 0 Å². The lowest BCUT2D eigenvalue weighted by Crippen LogP contribution is -2.37. The van der Waals surface area contributed by atoms with Gasteiger partial charge in [0, 0.05) is 18.2 Å². The number of halogens is 2. The van der Waals surface area contributed by atoms with Crippen LogP contribution in [0.15, 0.2) is 36.5 Å².